The van der Waals surface area contributed by atoms with Crippen LogP contribution in [-0.2, 0) is 22.6 Å². The van der Waals surface area contributed by atoms with E-state index in [0.717, 1.165) is 11.3 Å². The van der Waals surface area contributed by atoms with Crippen molar-refractivity contribution in [1.82, 2.24) is 19.7 Å². The molecule has 0 amide bonds. The van der Waals surface area contributed by atoms with Crippen LogP contribution in [0.25, 0.3) is 23.0 Å². The molecule has 1 unspecified atom stereocenters. The number of nitrogens with zero attached hydrogens (tertiary/aromatic N) is 4. The predicted octanol–water partition coefficient (Wildman–Crippen LogP) is 4.31. The summed E-state index contributed by atoms with van der Waals surface area (Å²) in [7, 11) is 1.34. The molecule has 0 fully saturated rings. The highest BCUT2D eigenvalue weighted by Gasteiger charge is 2.27. The van der Waals surface area contributed by atoms with E-state index >= 15 is 0 Å². The molecule has 0 saturated carbocycles. The number of methoxy groups -OCH3 is 1. The standard InChI is InChI=1S/C22H17ClN4O4/c1-29-22(28)14-8-6-13(7-9-14)20-25-21(31-26-20)19-17-11-30-18(10-27(17)12-24-19)15-4-2-3-5-16(15)23/h2-9,12,18H,10-11H2,1H3. The minimum Gasteiger partial charge on any atom is -0.465 e. The van der Waals surface area contributed by atoms with Gasteiger partial charge in [0.1, 0.15) is 6.10 Å². The van der Waals surface area contributed by atoms with Crippen LogP contribution < -0.4 is 0 Å². The van der Waals surface area contributed by atoms with Gasteiger partial charge in [-0.05, 0) is 18.2 Å². The molecular weight excluding hydrogens is 420 g/mol. The SMILES string of the molecule is COC(=O)c1ccc(-c2noc(-c3ncn4c3COC(c3ccccc3Cl)C4)n2)cc1. The molecule has 31 heavy (non-hydrogen) atoms. The fourth-order valence-electron chi connectivity index (χ4n) is 3.54. The Hall–Kier alpha value is -3.49. The van der Waals surface area contributed by atoms with Gasteiger partial charge in [0.15, 0.2) is 5.69 Å². The maximum atomic E-state index is 11.6. The third-order valence-electron chi connectivity index (χ3n) is 5.17. The maximum absolute atomic E-state index is 11.6. The summed E-state index contributed by atoms with van der Waals surface area (Å²) < 4.78 is 18.2. The first kappa shape index (κ1) is 19.5. The molecule has 2 aromatic carbocycles. The molecule has 1 aliphatic rings. The van der Waals surface area contributed by atoms with Gasteiger partial charge in [-0.1, -0.05) is 47.1 Å². The second-order valence-electron chi connectivity index (χ2n) is 7.01. The summed E-state index contributed by atoms with van der Waals surface area (Å²) in [5, 5.41) is 4.73. The first-order chi connectivity index (χ1) is 15.1. The van der Waals surface area contributed by atoms with Gasteiger partial charge in [-0.25, -0.2) is 9.78 Å². The number of esters is 1. The van der Waals surface area contributed by atoms with Gasteiger partial charge in [-0.15, -0.1) is 0 Å². The normalized spacial score (nSPS) is 15.5. The molecule has 0 bridgehead atoms. The molecule has 0 spiro atoms. The zero-order valence-corrected chi connectivity index (χ0v) is 17.2. The van der Waals surface area contributed by atoms with E-state index in [0.29, 0.717) is 46.7 Å². The number of imidazole rings is 1. The molecule has 0 saturated heterocycles. The lowest BCUT2D eigenvalue weighted by atomic mass is 10.1. The number of carbonyl (C=O) groups excluding carboxylic acids is 1. The van der Waals surface area contributed by atoms with Crippen LogP contribution in [0.1, 0.15) is 27.7 Å². The van der Waals surface area contributed by atoms with Crippen molar-refractivity contribution >= 4 is 17.6 Å². The van der Waals surface area contributed by atoms with Crippen LogP contribution in [0.5, 0.6) is 0 Å². The van der Waals surface area contributed by atoms with Crippen LogP contribution in [0.2, 0.25) is 5.02 Å². The summed E-state index contributed by atoms with van der Waals surface area (Å²) in [4.78, 5) is 20.5. The van der Waals surface area contributed by atoms with Crippen molar-refractivity contribution in [3.8, 4) is 23.0 Å². The third-order valence-corrected chi connectivity index (χ3v) is 5.52. The molecule has 0 radical (unpaired) electrons. The Balaban J connectivity index is 1.38. The van der Waals surface area contributed by atoms with Crippen molar-refractivity contribution in [1.29, 1.82) is 0 Å². The molecule has 3 heterocycles. The smallest absolute Gasteiger partial charge is 0.337 e. The van der Waals surface area contributed by atoms with Crippen molar-refractivity contribution in [3.63, 3.8) is 0 Å². The Bertz CT molecular complexity index is 1250. The zero-order chi connectivity index (χ0) is 21.4. The quantitative estimate of drug-likeness (QED) is 0.440. The molecular formula is C22H17ClN4O4. The van der Waals surface area contributed by atoms with Gasteiger partial charge in [0.2, 0.25) is 5.82 Å². The minimum atomic E-state index is -0.403. The number of halogens is 1. The lowest BCUT2D eigenvalue weighted by molar-refractivity contribution is 0.00336. The summed E-state index contributed by atoms with van der Waals surface area (Å²) in [6.07, 6.45) is 1.58. The van der Waals surface area contributed by atoms with Crippen LogP contribution in [0, 0.1) is 0 Å². The van der Waals surface area contributed by atoms with Gasteiger partial charge >= 0.3 is 5.97 Å². The van der Waals surface area contributed by atoms with E-state index in [2.05, 4.69) is 15.1 Å². The summed E-state index contributed by atoms with van der Waals surface area (Å²) in [5.41, 5.74) is 3.55. The van der Waals surface area contributed by atoms with Crippen molar-refractivity contribution in [3.05, 3.63) is 76.7 Å². The average Bonchev–Trinajstić information content (AvgIpc) is 3.45. The summed E-state index contributed by atoms with van der Waals surface area (Å²) in [6.45, 7) is 0.929. The average molecular weight is 437 g/mol. The van der Waals surface area contributed by atoms with Gasteiger partial charge < -0.3 is 18.6 Å². The van der Waals surface area contributed by atoms with E-state index in [-0.39, 0.29) is 6.10 Å². The van der Waals surface area contributed by atoms with Crippen molar-refractivity contribution < 1.29 is 18.8 Å². The van der Waals surface area contributed by atoms with Gasteiger partial charge in [0, 0.05) is 16.1 Å². The summed E-state index contributed by atoms with van der Waals surface area (Å²) >= 11 is 6.32. The second kappa shape index (κ2) is 7.98. The Morgan fingerprint density at radius 1 is 1.19 bits per heavy atom. The van der Waals surface area contributed by atoms with Crippen LogP contribution in [0.4, 0.5) is 0 Å². The maximum Gasteiger partial charge on any atom is 0.337 e. The molecule has 0 aliphatic carbocycles. The number of carbonyl (C=O) groups is 1. The van der Waals surface area contributed by atoms with Gasteiger partial charge in [0.05, 0.1) is 37.8 Å². The Kier molecular flexibility index (Phi) is 5.01. The molecule has 4 aromatic rings. The number of fused-ring (bicyclic) bond motifs is 1. The highest BCUT2D eigenvalue weighted by atomic mass is 35.5. The first-order valence-electron chi connectivity index (χ1n) is 9.57. The molecule has 1 aliphatic heterocycles. The Morgan fingerprint density at radius 3 is 2.77 bits per heavy atom. The number of benzene rings is 2. The van der Waals surface area contributed by atoms with E-state index in [1.165, 1.54) is 7.11 Å². The molecule has 1 atom stereocenters. The predicted molar refractivity (Wildman–Crippen MR) is 111 cm³/mol. The molecule has 0 N–H and O–H groups in total. The van der Waals surface area contributed by atoms with Gasteiger partial charge in [0.25, 0.3) is 5.89 Å². The monoisotopic (exact) mass is 436 g/mol. The largest absolute Gasteiger partial charge is 0.465 e. The van der Waals surface area contributed by atoms with E-state index in [1.54, 1.807) is 30.6 Å². The molecule has 2 aromatic heterocycles. The van der Waals surface area contributed by atoms with Crippen LogP contribution >= 0.6 is 11.6 Å². The number of rotatable bonds is 4. The number of hydrogen-bond acceptors (Lipinski definition) is 7. The highest BCUT2D eigenvalue weighted by molar-refractivity contribution is 6.31. The van der Waals surface area contributed by atoms with E-state index in [4.69, 9.17) is 25.6 Å². The molecule has 5 rings (SSSR count). The summed E-state index contributed by atoms with van der Waals surface area (Å²) in [6, 6.07) is 14.4. The molecule has 8 nitrogen and oxygen atoms in total. The molecule has 156 valence electrons. The number of aromatic nitrogens is 4. The van der Waals surface area contributed by atoms with Crippen molar-refractivity contribution in [2.24, 2.45) is 0 Å². The minimum absolute atomic E-state index is 0.158. The molecule has 9 heteroatoms. The fraction of sp³-hybridized carbons (Fsp3) is 0.182. The van der Waals surface area contributed by atoms with E-state index in [9.17, 15) is 4.79 Å². The highest BCUT2D eigenvalue weighted by Crippen LogP contribution is 2.34. The lowest BCUT2D eigenvalue weighted by Gasteiger charge is -2.26. The lowest BCUT2D eigenvalue weighted by Crippen LogP contribution is -2.20. The first-order valence-corrected chi connectivity index (χ1v) is 9.94. The Morgan fingerprint density at radius 2 is 2.00 bits per heavy atom. The van der Waals surface area contributed by atoms with E-state index < -0.39 is 5.97 Å². The van der Waals surface area contributed by atoms with Gasteiger partial charge in [-0.2, -0.15) is 4.98 Å². The topological polar surface area (TPSA) is 92.3 Å². The van der Waals surface area contributed by atoms with Crippen molar-refractivity contribution in [2.45, 2.75) is 19.3 Å². The number of hydrogen-bond donors (Lipinski definition) is 0. The van der Waals surface area contributed by atoms with Crippen molar-refractivity contribution in [2.75, 3.05) is 7.11 Å². The zero-order valence-electron chi connectivity index (χ0n) is 16.5. The Labute approximate surface area is 182 Å². The van der Waals surface area contributed by atoms with E-state index in [1.807, 2.05) is 28.8 Å². The summed E-state index contributed by atoms with van der Waals surface area (Å²) in [5.74, 6) is 0.305. The number of ether oxygens (including phenoxy) is 2. The van der Waals surface area contributed by atoms with Crippen LogP contribution in [-0.4, -0.2) is 32.8 Å². The fourth-order valence-corrected chi connectivity index (χ4v) is 3.80. The van der Waals surface area contributed by atoms with Crippen LogP contribution in [0.3, 0.4) is 0 Å². The van der Waals surface area contributed by atoms with Crippen LogP contribution in [0.15, 0.2) is 59.4 Å². The third kappa shape index (κ3) is 3.60. The second-order valence-corrected chi connectivity index (χ2v) is 7.41. The van der Waals surface area contributed by atoms with Gasteiger partial charge in [-0.3, -0.25) is 0 Å².